The van der Waals surface area contributed by atoms with Crippen molar-refractivity contribution in [3.05, 3.63) is 30.1 Å². The molecule has 0 aliphatic heterocycles. The van der Waals surface area contributed by atoms with E-state index in [9.17, 15) is 9.90 Å². The Labute approximate surface area is 117 Å². The smallest absolute Gasteiger partial charge is 0.310 e. The van der Waals surface area contributed by atoms with Crippen LogP contribution in [0.4, 0.5) is 0 Å². The van der Waals surface area contributed by atoms with Crippen LogP contribution in [0.5, 0.6) is 11.5 Å². The maximum Gasteiger partial charge on any atom is 0.310 e. The van der Waals surface area contributed by atoms with E-state index in [0.29, 0.717) is 23.7 Å². The van der Waals surface area contributed by atoms with Gasteiger partial charge in [0.05, 0.1) is 19.6 Å². The van der Waals surface area contributed by atoms with Gasteiger partial charge in [-0.1, -0.05) is 0 Å². The molecule has 1 heterocycles. The summed E-state index contributed by atoms with van der Waals surface area (Å²) < 4.78 is 10.8. The molecule has 0 saturated heterocycles. The zero-order valence-electron chi connectivity index (χ0n) is 11.7. The van der Waals surface area contributed by atoms with Crippen molar-refractivity contribution in [3.8, 4) is 11.5 Å². The first kappa shape index (κ1) is 14.1. The second kappa shape index (κ2) is 5.77. The Balaban J connectivity index is 2.66. The van der Waals surface area contributed by atoms with E-state index in [0.717, 1.165) is 10.8 Å². The van der Waals surface area contributed by atoms with Gasteiger partial charge in [0.1, 0.15) is 0 Å². The summed E-state index contributed by atoms with van der Waals surface area (Å²) in [4.78, 5) is 15.3. The molecular formula is C15H17NO4. The Morgan fingerprint density at radius 1 is 1.35 bits per heavy atom. The number of ether oxygens (including phenoxy) is 2. The molecule has 0 radical (unpaired) electrons. The number of rotatable bonds is 5. The van der Waals surface area contributed by atoms with E-state index in [1.807, 2.05) is 19.1 Å². The van der Waals surface area contributed by atoms with Gasteiger partial charge in [0.2, 0.25) is 0 Å². The van der Waals surface area contributed by atoms with E-state index in [1.165, 1.54) is 0 Å². The molecule has 0 aliphatic rings. The number of hydrogen-bond acceptors (Lipinski definition) is 4. The maximum absolute atomic E-state index is 11.2. The number of nitrogens with zero attached hydrogens (tertiary/aromatic N) is 1. The summed E-state index contributed by atoms with van der Waals surface area (Å²) >= 11 is 0. The van der Waals surface area contributed by atoms with Crippen molar-refractivity contribution in [1.82, 2.24) is 4.98 Å². The molecule has 0 fully saturated rings. The third-order valence-electron chi connectivity index (χ3n) is 3.21. The van der Waals surface area contributed by atoms with Crippen LogP contribution in [0.15, 0.2) is 24.5 Å². The molecule has 20 heavy (non-hydrogen) atoms. The van der Waals surface area contributed by atoms with E-state index in [1.54, 1.807) is 26.4 Å². The fraction of sp³-hybridized carbons (Fsp3) is 0.333. The highest BCUT2D eigenvalue weighted by atomic mass is 16.5. The summed E-state index contributed by atoms with van der Waals surface area (Å²) in [5, 5.41) is 10.8. The van der Waals surface area contributed by atoms with Crippen molar-refractivity contribution in [2.24, 2.45) is 0 Å². The van der Waals surface area contributed by atoms with Gasteiger partial charge in [-0.2, -0.15) is 0 Å². The molecule has 0 saturated carbocycles. The van der Waals surface area contributed by atoms with Crippen molar-refractivity contribution < 1.29 is 19.4 Å². The number of carboxylic acids is 1. The summed E-state index contributed by atoms with van der Waals surface area (Å²) in [6.07, 6.45) is 3.27. The van der Waals surface area contributed by atoms with Gasteiger partial charge in [-0.25, -0.2) is 0 Å². The Morgan fingerprint density at radius 3 is 2.70 bits per heavy atom. The fourth-order valence-electron chi connectivity index (χ4n) is 2.11. The van der Waals surface area contributed by atoms with Gasteiger partial charge in [-0.15, -0.1) is 0 Å². The number of fused-ring (bicyclic) bond motifs is 1. The molecule has 2 rings (SSSR count). The third-order valence-corrected chi connectivity index (χ3v) is 3.21. The first-order chi connectivity index (χ1) is 9.58. The zero-order valence-corrected chi connectivity index (χ0v) is 11.7. The normalized spacial score (nSPS) is 12.2. The van der Waals surface area contributed by atoms with Crippen LogP contribution in [0.25, 0.3) is 10.8 Å². The average Bonchev–Trinajstić information content (AvgIpc) is 2.45. The van der Waals surface area contributed by atoms with Crippen LogP contribution >= 0.6 is 0 Å². The topological polar surface area (TPSA) is 68.7 Å². The number of benzene rings is 1. The molecule has 5 nitrogen and oxygen atoms in total. The molecule has 0 amide bonds. The maximum atomic E-state index is 11.2. The molecule has 5 heteroatoms. The summed E-state index contributed by atoms with van der Waals surface area (Å²) in [7, 11) is 1.57. The van der Waals surface area contributed by atoms with Gasteiger partial charge in [0.15, 0.2) is 11.5 Å². The van der Waals surface area contributed by atoms with Crippen LogP contribution in [0, 0.1) is 0 Å². The summed E-state index contributed by atoms with van der Waals surface area (Å²) in [5.41, 5.74) is 0.665. The highest BCUT2D eigenvalue weighted by molar-refractivity contribution is 5.92. The number of hydrogen-bond donors (Lipinski definition) is 1. The molecule has 106 valence electrons. The molecule has 1 N–H and O–H groups in total. The third kappa shape index (κ3) is 2.52. The van der Waals surface area contributed by atoms with Crippen molar-refractivity contribution >= 4 is 16.7 Å². The largest absolute Gasteiger partial charge is 0.493 e. The quantitative estimate of drug-likeness (QED) is 0.908. The van der Waals surface area contributed by atoms with Crippen molar-refractivity contribution in [1.29, 1.82) is 0 Å². The van der Waals surface area contributed by atoms with Gasteiger partial charge in [-0.05, 0) is 36.9 Å². The van der Waals surface area contributed by atoms with Gasteiger partial charge < -0.3 is 14.6 Å². The van der Waals surface area contributed by atoms with Gasteiger partial charge >= 0.3 is 5.97 Å². The lowest BCUT2D eigenvalue weighted by Gasteiger charge is -2.14. The molecule has 1 atom stereocenters. The number of carboxylic acid groups (broad SMARTS) is 1. The molecule has 0 spiro atoms. The molecule has 2 aromatic rings. The lowest BCUT2D eigenvalue weighted by Crippen LogP contribution is -2.08. The first-order valence-corrected chi connectivity index (χ1v) is 6.39. The minimum atomic E-state index is -0.881. The molecule has 0 bridgehead atoms. The molecule has 0 aliphatic carbocycles. The van der Waals surface area contributed by atoms with Crippen LogP contribution in [-0.2, 0) is 4.79 Å². The molecule has 1 aromatic carbocycles. The summed E-state index contributed by atoms with van der Waals surface area (Å²) in [6, 6.07) is 3.62. The van der Waals surface area contributed by atoms with Crippen molar-refractivity contribution in [3.63, 3.8) is 0 Å². The Morgan fingerprint density at radius 2 is 2.10 bits per heavy atom. The minimum Gasteiger partial charge on any atom is -0.493 e. The second-order valence-electron chi connectivity index (χ2n) is 4.45. The van der Waals surface area contributed by atoms with Crippen molar-refractivity contribution in [2.75, 3.05) is 13.7 Å². The first-order valence-electron chi connectivity index (χ1n) is 6.39. The monoisotopic (exact) mass is 275 g/mol. The number of methoxy groups -OCH3 is 1. The molecule has 1 unspecified atom stereocenters. The lowest BCUT2D eigenvalue weighted by atomic mass is 9.97. The highest BCUT2D eigenvalue weighted by Crippen LogP contribution is 2.35. The Hall–Kier alpha value is -2.30. The number of pyridine rings is 1. The lowest BCUT2D eigenvalue weighted by molar-refractivity contribution is -0.138. The standard InChI is InChI=1S/C15H17NO4/c1-4-20-14-6-11-10(5-13(14)19-3)7-16-8-12(11)9(2)15(17)18/h5-9H,4H2,1-3H3,(H,17,18). The van der Waals surface area contributed by atoms with E-state index in [4.69, 9.17) is 9.47 Å². The minimum absolute atomic E-state index is 0.511. The Bertz CT molecular complexity index is 639. The number of carbonyl (C=O) groups is 1. The summed E-state index contributed by atoms with van der Waals surface area (Å²) in [6.45, 7) is 4.04. The highest BCUT2D eigenvalue weighted by Gasteiger charge is 2.18. The van der Waals surface area contributed by atoms with Crippen LogP contribution < -0.4 is 9.47 Å². The number of aromatic nitrogens is 1. The van der Waals surface area contributed by atoms with Crippen LogP contribution in [-0.4, -0.2) is 29.8 Å². The zero-order chi connectivity index (χ0) is 14.7. The Kier molecular flexibility index (Phi) is 4.08. The van der Waals surface area contributed by atoms with Gasteiger partial charge in [0.25, 0.3) is 0 Å². The van der Waals surface area contributed by atoms with E-state index in [2.05, 4.69) is 4.98 Å². The molecule has 1 aromatic heterocycles. The van der Waals surface area contributed by atoms with Crippen LogP contribution in [0.1, 0.15) is 25.3 Å². The van der Waals surface area contributed by atoms with Gasteiger partial charge in [0, 0.05) is 17.8 Å². The molecular weight excluding hydrogens is 258 g/mol. The van der Waals surface area contributed by atoms with E-state index < -0.39 is 11.9 Å². The number of aliphatic carboxylic acids is 1. The average molecular weight is 275 g/mol. The summed E-state index contributed by atoms with van der Waals surface area (Å²) in [5.74, 6) is -0.295. The predicted octanol–water partition coefficient (Wildman–Crippen LogP) is 2.83. The van der Waals surface area contributed by atoms with E-state index in [-0.39, 0.29) is 0 Å². The van der Waals surface area contributed by atoms with Gasteiger partial charge in [-0.3, -0.25) is 9.78 Å². The van der Waals surface area contributed by atoms with Crippen LogP contribution in [0.3, 0.4) is 0 Å². The second-order valence-corrected chi connectivity index (χ2v) is 4.45. The fourth-order valence-corrected chi connectivity index (χ4v) is 2.11. The van der Waals surface area contributed by atoms with E-state index >= 15 is 0 Å². The van der Waals surface area contributed by atoms with Crippen molar-refractivity contribution in [2.45, 2.75) is 19.8 Å². The van der Waals surface area contributed by atoms with Crippen LogP contribution in [0.2, 0.25) is 0 Å². The predicted molar refractivity (Wildman–Crippen MR) is 75.5 cm³/mol. The SMILES string of the molecule is CCOc1cc2c(C(C)C(=O)O)cncc2cc1OC.